The average molecular weight is 257 g/mol. The Bertz CT molecular complexity index is 557. The normalized spacial score (nSPS) is 14.4. The van der Waals surface area contributed by atoms with Gasteiger partial charge >= 0.3 is 0 Å². The molecule has 0 spiro atoms. The van der Waals surface area contributed by atoms with Gasteiger partial charge in [-0.3, -0.25) is 4.68 Å². The lowest BCUT2D eigenvalue weighted by Crippen LogP contribution is -2.23. The second-order valence-corrected chi connectivity index (χ2v) is 5.42. The van der Waals surface area contributed by atoms with E-state index in [1.165, 1.54) is 22.3 Å². The van der Waals surface area contributed by atoms with Gasteiger partial charge in [0.1, 0.15) is 0 Å². The molecule has 0 aliphatic heterocycles. The Balaban J connectivity index is 2.12. The predicted molar refractivity (Wildman–Crippen MR) is 79.1 cm³/mol. The first-order valence-corrected chi connectivity index (χ1v) is 6.79. The first-order valence-electron chi connectivity index (χ1n) is 6.79. The van der Waals surface area contributed by atoms with Crippen LogP contribution in [-0.2, 0) is 7.05 Å². The van der Waals surface area contributed by atoms with E-state index < -0.39 is 0 Å². The molecule has 102 valence electrons. The highest BCUT2D eigenvalue weighted by Gasteiger charge is 2.14. The largest absolute Gasteiger partial charge is 0.304 e. The molecule has 0 bridgehead atoms. The van der Waals surface area contributed by atoms with Crippen LogP contribution in [0.4, 0.5) is 0 Å². The van der Waals surface area contributed by atoms with Crippen LogP contribution in [-0.4, -0.2) is 9.78 Å². The fourth-order valence-electron chi connectivity index (χ4n) is 2.45. The summed E-state index contributed by atoms with van der Waals surface area (Å²) in [4.78, 5) is 0. The maximum atomic E-state index is 4.23. The van der Waals surface area contributed by atoms with Crippen LogP contribution in [0, 0.1) is 13.8 Å². The second kappa shape index (κ2) is 5.57. The van der Waals surface area contributed by atoms with Crippen LogP contribution in [0.3, 0.4) is 0 Å². The first-order chi connectivity index (χ1) is 8.97. The third-order valence-electron chi connectivity index (χ3n) is 3.63. The summed E-state index contributed by atoms with van der Waals surface area (Å²) < 4.78 is 1.84. The Morgan fingerprint density at radius 2 is 1.89 bits per heavy atom. The average Bonchev–Trinajstić information content (AvgIpc) is 2.79. The standard InChI is InChI=1S/C16H23N3/c1-11-6-7-12(2)16(8-11)14(4)18-13(3)15-9-17-19(5)10-15/h6-10,13-14,18H,1-5H3. The van der Waals surface area contributed by atoms with E-state index in [1.807, 2.05) is 17.9 Å². The van der Waals surface area contributed by atoms with E-state index in [-0.39, 0.29) is 0 Å². The highest BCUT2D eigenvalue weighted by atomic mass is 15.2. The zero-order chi connectivity index (χ0) is 14.0. The van der Waals surface area contributed by atoms with Crippen LogP contribution >= 0.6 is 0 Å². The number of nitrogens with zero attached hydrogens (tertiary/aromatic N) is 2. The third kappa shape index (κ3) is 3.24. The van der Waals surface area contributed by atoms with Gasteiger partial charge in [0.2, 0.25) is 0 Å². The van der Waals surface area contributed by atoms with Crippen molar-refractivity contribution in [1.82, 2.24) is 15.1 Å². The number of aryl methyl sites for hydroxylation is 3. The molecule has 0 saturated heterocycles. The molecule has 3 nitrogen and oxygen atoms in total. The summed E-state index contributed by atoms with van der Waals surface area (Å²) >= 11 is 0. The summed E-state index contributed by atoms with van der Waals surface area (Å²) in [6.45, 7) is 8.70. The molecular formula is C16H23N3. The minimum absolute atomic E-state index is 0.295. The van der Waals surface area contributed by atoms with E-state index in [9.17, 15) is 0 Å². The Labute approximate surface area is 115 Å². The van der Waals surface area contributed by atoms with Crippen molar-refractivity contribution < 1.29 is 0 Å². The highest BCUT2D eigenvalue weighted by molar-refractivity contribution is 5.32. The van der Waals surface area contributed by atoms with Gasteiger partial charge in [0.05, 0.1) is 6.20 Å². The van der Waals surface area contributed by atoms with Crippen LogP contribution in [0.1, 0.15) is 48.2 Å². The molecule has 2 rings (SSSR count). The lowest BCUT2D eigenvalue weighted by Gasteiger charge is -2.21. The number of hydrogen-bond donors (Lipinski definition) is 1. The number of benzene rings is 1. The lowest BCUT2D eigenvalue weighted by molar-refractivity contribution is 0.493. The lowest BCUT2D eigenvalue weighted by atomic mass is 9.99. The number of nitrogens with one attached hydrogen (secondary N) is 1. The quantitative estimate of drug-likeness (QED) is 0.909. The minimum atomic E-state index is 0.295. The SMILES string of the molecule is Cc1ccc(C)c(C(C)NC(C)c2cnn(C)c2)c1. The molecular weight excluding hydrogens is 234 g/mol. The smallest absolute Gasteiger partial charge is 0.0537 e. The fourth-order valence-corrected chi connectivity index (χ4v) is 2.45. The molecule has 0 amide bonds. The van der Waals surface area contributed by atoms with Gasteiger partial charge in [-0.2, -0.15) is 5.10 Å². The molecule has 0 aliphatic carbocycles. The molecule has 0 fully saturated rings. The molecule has 2 aromatic rings. The van der Waals surface area contributed by atoms with Gasteiger partial charge in [-0.25, -0.2) is 0 Å². The highest BCUT2D eigenvalue weighted by Crippen LogP contribution is 2.22. The molecule has 0 radical (unpaired) electrons. The van der Waals surface area contributed by atoms with Gasteiger partial charge in [0, 0.05) is 30.9 Å². The van der Waals surface area contributed by atoms with Crippen molar-refractivity contribution in [2.24, 2.45) is 7.05 Å². The summed E-state index contributed by atoms with van der Waals surface area (Å²) in [5, 5.41) is 7.87. The molecule has 3 heteroatoms. The summed E-state index contributed by atoms with van der Waals surface area (Å²) in [7, 11) is 1.95. The second-order valence-electron chi connectivity index (χ2n) is 5.42. The Kier molecular flexibility index (Phi) is 4.05. The van der Waals surface area contributed by atoms with Gasteiger partial charge in [0.15, 0.2) is 0 Å². The summed E-state index contributed by atoms with van der Waals surface area (Å²) in [6, 6.07) is 7.25. The number of hydrogen-bond acceptors (Lipinski definition) is 2. The number of rotatable bonds is 4. The fraction of sp³-hybridized carbons (Fsp3) is 0.438. The van der Waals surface area contributed by atoms with Crippen molar-refractivity contribution in [3.63, 3.8) is 0 Å². The molecule has 0 aliphatic rings. The van der Waals surface area contributed by atoms with Gasteiger partial charge in [-0.05, 0) is 38.8 Å². The van der Waals surface area contributed by atoms with Crippen molar-refractivity contribution in [2.75, 3.05) is 0 Å². The molecule has 1 aromatic heterocycles. The van der Waals surface area contributed by atoms with Gasteiger partial charge < -0.3 is 5.32 Å². The van der Waals surface area contributed by atoms with Crippen LogP contribution < -0.4 is 5.32 Å². The van der Waals surface area contributed by atoms with Gasteiger partial charge in [-0.15, -0.1) is 0 Å². The van der Waals surface area contributed by atoms with Crippen LogP contribution in [0.2, 0.25) is 0 Å². The molecule has 0 saturated carbocycles. The van der Waals surface area contributed by atoms with Crippen LogP contribution in [0.25, 0.3) is 0 Å². The van der Waals surface area contributed by atoms with E-state index >= 15 is 0 Å². The van der Waals surface area contributed by atoms with E-state index in [4.69, 9.17) is 0 Å². The zero-order valence-corrected chi connectivity index (χ0v) is 12.4. The summed E-state index contributed by atoms with van der Waals surface area (Å²) in [5.74, 6) is 0. The van der Waals surface area contributed by atoms with Crippen LogP contribution in [0.5, 0.6) is 0 Å². The van der Waals surface area contributed by atoms with E-state index in [0.717, 1.165) is 0 Å². The van der Waals surface area contributed by atoms with Crippen molar-refractivity contribution in [1.29, 1.82) is 0 Å². The van der Waals surface area contributed by atoms with Crippen molar-refractivity contribution in [3.05, 3.63) is 52.8 Å². The van der Waals surface area contributed by atoms with Crippen LogP contribution in [0.15, 0.2) is 30.6 Å². The monoisotopic (exact) mass is 257 g/mol. The maximum Gasteiger partial charge on any atom is 0.0537 e. The van der Waals surface area contributed by atoms with E-state index in [1.54, 1.807) is 0 Å². The van der Waals surface area contributed by atoms with Gasteiger partial charge in [-0.1, -0.05) is 23.8 Å². The zero-order valence-electron chi connectivity index (χ0n) is 12.4. The third-order valence-corrected chi connectivity index (χ3v) is 3.63. The number of aromatic nitrogens is 2. The maximum absolute atomic E-state index is 4.23. The van der Waals surface area contributed by atoms with Crippen molar-refractivity contribution >= 4 is 0 Å². The molecule has 1 heterocycles. The predicted octanol–water partition coefficient (Wildman–Crippen LogP) is 3.45. The minimum Gasteiger partial charge on any atom is -0.304 e. The van der Waals surface area contributed by atoms with Gasteiger partial charge in [0.25, 0.3) is 0 Å². The van der Waals surface area contributed by atoms with E-state index in [2.05, 4.69) is 62.5 Å². The summed E-state index contributed by atoms with van der Waals surface area (Å²) in [6.07, 6.45) is 3.99. The molecule has 19 heavy (non-hydrogen) atoms. The topological polar surface area (TPSA) is 29.9 Å². The summed E-state index contributed by atoms with van der Waals surface area (Å²) in [5.41, 5.74) is 5.24. The molecule has 2 atom stereocenters. The molecule has 1 N–H and O–H groups in total. The molecule has 1 aromatic carbocycles. The Morgan fingerprint density at radius 1 is 1.16 bits per heavy atom. The van der Waals surface area contributed by atoms with Crippen molar-refractivity contribution in [2.45, 2.75) is 39.8 Å². The molecule has 2 unspecified atom stereocenters. The van der Waals surface area contributed by atoms with E-state index in [0.29, 0.717) is 12.1 Å². The Morgan fingerprint density at radius 3 is 2.53 bits per heavy atom. The van der Waals surface area contributed by atoms with Crippen molar-refractivity contribution in [3.8, 4) is 0 Å². The first kappa shape index (κ1) is 13.8. The Hall–Kier alpha value is -1.61.